The molecule has 5 heteroatoms. The van der Waals surface area contributed by atoms with Gasteiger partial charge in [-0.15, -0.1) is 11.3 Å². The fourth-order valence-corrected chi connectivity index (χ4v) is 2.82. The smallest absolute Gasteiger partial charge is 0.159 e. The first kappa shape index (κ1) is 14.1. The van der Waals surface area contributed by atoms with E-state index >= 15 is 0 Å². The van der Waals surface area contributed by atoms with Gasteiger partial charge in [-0.3, -0.25) is 0 Å². The van der Waals surface area contributed by atoms with Crippen LogP contribution in [-0.4, -0.2) is 11.5 Å². The monoisotopic (exact) mass is 282 g/mol. The summed E-state index contributed by atoms with van der Waals surface area (Å²) in [6.45, 7) is 4.78. The topological polar surface area (TPSA) is 24.9 Å². The molecule has 0 fully saturated rings. The Bertz CT molecular complexity index is 554. The minimum absolute atomic E-state index is 0.0843. The van der Waals surface area contributed by atoms with Gasteiger partial charge in [0.25, 0.3) is 0 Å². The number of rotatable bonds is 5. The second-order valence-corrected chi connectivity index (χ2v) is 5.61. The van der Waals surface area contributed by atoms with Crippen molar-refractivity contribution in [2.24, 2.45) is 0 Å². The third-order valence-electron chi connectivity index (χ3n) is 2.86. The number of nitrogens with one attached hydrogen (secondary N) is 1. The van der Waals surface area contributed by atoms with Crippen LogP contribution in [0.2, 0.25) is 0 Å². The highest BCUT2D eigenvalue weighted by atomic mass is 32.1. The van der Waals surface area contributed by atoms with Crippen molar-refractivity contribution in [3.8, 4) is 0 Å². The van der Waals surface area contributed by atoms with Crippen LogP contribution in [-0.2, 0) is 6.42 Å². The average Bonchev–Trinajstić information content (AvgIpc) is 2.80. The fraction of sp³-hybridized carbons (Fsp3) is 0.357. The van der Waals surface area contributed by atoms with Crippen molar-refractivity contribution < 1.29 is 8.78 Å². The van der Waals surface area contributed by atoms with Crippen molar-refractivity contribution in [3.05, 3.63) is 51.5 Å². The van der Waals surface area contributed by atoms with Crippen LogP contribution in [0.15, 0.2) is 24.4 Å². The van der Waals surface area contributed by atoms with Crippen molar-refractivity contribution in [2.45, 2.75) is 26.3 Å². The van der Waals surface area contributed by atoms with Gasteiger partial charge in [-0.05, 0) is 37.6 Å². The summed E-state index contributed by atoms with van der Waals surface area (Å²) >= 11 is 1.62. The number of benzene rings is 1. The molecule has 0 saturated heterocycles. The molecular weight excluding hydrogens is 266 g/mol. The number of nitrogens with zero attached hydrogens (tertiary/aromatic N) is 1. The lowest BCUT2D eigenvalue weighted by Gasteiger charge is -2.16. The van der Waals surface area contributed by atoms with E-state index in [4.69, 9.17) is 0 Å². The van der Waals surface area contributed by atoms with Crippen molar-refractivity contribution in [3.63, 3.8) is 0 Å². The van der Waals surface area contributed by atoms with Gasteiger partial charge in [-0.25, -0.2) is 13.8 Å². The molecule has 1 atom stereocenters. The Hall–Kier alpha value is -1.33. The number of aromatic nitrogens is 1. The van der Waals surface area contributed by atoms with Crippen LogP contribution < -0.4 is 5.32 Å². The van der Waals surface area contributed by atoms with Gasteiger partial charge in [0.1, 0.15) is 0 Å². The summed E-state index contributed by atoms with van der Waals surface area (Å²) in [5.74, 6) is -1.61. The Labute approximate surface area is 115 Å². The van der Waals surface area contributed by atoms with Gasteiger partial charge in [0, 0.05) is 17.1 Å². The van der Waals surface area contributed by atoms with Crippen LogP contribution in [0.3, 0.4) is 0 Å². The van der Waals surface area contributed by atoms with Crippen LogP contribution >= 0.6 is 11.3 Å². The number of likely N-dealkylation sites (N-methyl/N-ethyl adjacent to an activating group) is 1. The number of thiazole rings is 1. The summed E-state index contributed by atoms with van der Waals surface area (Å²) in [4.78, 5) is 5.35. The summed E-state index contributed by atoms with van der Waals surface area (Å²) < 4.78 is 26.1. The molecule has 0 amide bonds. The highest BCUT2D eigenvalue weighted by Gasteiger charge is 2.15. The molecular formula is C14H16F2N2S. The zero-order valence-corrected chi connectivity index (χ0v) is 11.7. The molecule has 1 unspecified atom stereocenters. The lowest BCUT2D eigenvalue weighted by atomic mass is 10.0. The molecule has 2 nitrogen and oxygen atoms in total. The lowest BCUT2D eigenvalue weighted by molar-refractivity contribution is 0.503. The molecule has 0 spiro atoms. The molecule has 0 bridgehead atoms. The van der Waals surface area contributed by atoms with Gasteiger partial charge < -0.3 is 5.32 Å². The molecule has 0 aliphatic rings. The first-order valence-corrected chi connectivity index (χ1v) is 7.01. The van der Waals surface area contributed by atoms with E-state index < -0.39 is 11.6 Å². The van der Waals surface area contributed by atoms with E-state index in [1.807, 2.05) is 20.0 Å². The maximum absolute atomic E-state index is 13.2. The highest BCUT2D eigenvalue weighted by molar-refractivity contribution is 7.11. The van der Waals surface area contributed by atoms with Gasteiger partial charge in [0.05, 0.1) is 5.01 Å². The molecule has 0 radical (unpaired) electrons. The second-order valence-electron chi connectivity index (χ2n) is 4.34. The number of hydrogen-bond donors (Lipinski definition) is 1. The van der Waals surface area contributed by atoms with E-state index in [0.717, 1.165) is 22.0 Å². The SMILES string of the molecule is CCNC(Cc1ccc(F)c(F)c1)c1cnc(C)s1. The summed E-state index contributed by atoms with van der Waals surface area (Å²) in [6.07, 6.45) is 2.46. The lowest BCUT2D eigenvalue weighted by Crippen LogP contribution is -2.22. The Kier molecular flexibility index (Phi) is 4.61. The molecule has 1 heterocycles. The predicted octanol–water partition coefficient (Wildman–Crippen LogP) is 3.62. The molecule has 0 saturated carbocycles. The van der Waals surface area contributed by atoms with Crippen molar-refractivity contribution >= 4 is 11.3 Å². The standard InChI is InChI=1S/C14H16F2N2S/c1-3-17-13(14-8-18-9(2)19-14)7-10-4-5-11(15)12(16)6-10/h4-6,8,13,17H,3,7H2,1-2H3. The van der Waals surface area contributed by atoms with Crippen molar-refractivity contribution in [2.75, 3.05) is 6.54 Å². The number of aryl methyl sites for hydroxylation is 1. The Morgan fingerprint density at radius 3 is 2.68 bits per heavy atom. The van der Waals surface area contributed by atoms with E-state index in [9.17, 15) is 8.78 Å². The first-order valence-electron chi connectivity index (χ1n) is 6.19. The van der Waals surface area contributed by atoms with E-state index in [-0.39, 0.29) is 6.04 Å². The summed E-state index contributed by atoms with van der Waals surface area (Å²) in [5.41, 5.74) is 0.774. The molecule has 0 aliphatic carbocycles. The molecule has 2 aromatic rings. The molecule has 1 aromatic heterocycles. The van der Waals surface area contributed by atoms with E-state index in [2.05, 4.69) is 10.3 Å². The van der Waals surface area contributed by atoms with Gasteiger partial charge in [0.15, 0.2) is 11.6 Å². The zero-order chi connectivity index (χ0) is 13.8. The summed E-state index contributed by atoms with van der Waals surface area (Å²) in [7, 11) is 0. The number of halogens is 2. The molecule has 19 heavy (non-hydrogen) atoms. The van der Waals surface area contributed by atoms with Crippen LogP contribution in [0.25, 0.3) is 0 Å². The molecule has 0 aliphatic heterocycles. The van der Waals surface area contributed by atoms with Gasteiger partial charge in [-0.2, -0.15) is 0 Å². The van der Waals surface area contributed by atoms with E-state index in [0.29, 0.717) is 6.42 Å². The first-order chi connectivity index (χ1) is 9.10. The second kappa shape index (κ2) is 6.21. The Morgan fingerprint density at radius 2 is 2.11 bits per heavy atom. The van der Waals surface area contributed by atoms with Gasteiger partial charge in [-0.1, -0.05) is 13.0 Å². The maximum atomic E-state index is 13.2. The Morgan fingerprint density at radius 1 is 1.32 bits per heavy atom. The van der Waals surface area contributed by atoms with Crippen LogP contribution in [0.1, 0.15) is 28.4 Å². The number of hydrogen-bond acceptors (Lipinski definition) is 3. The van der Waals surface area contributed by atoms with E-state index in [1.165, 1.54) is 12.1 Å². The van der Waals surface area contributed by atoms with Crippen LogP contribution in [0.5, 0.6) is 0 Å². The summed E-state index contributed by atoms with van der Waals surface area (Å²) in [6, 6.07) is 4.14. The quantitative estimate of drug-likeness (QED) is 0.906. The van der Waals surface area contributed by atoms with Crippen molar-refractivity contribution in [1.82, 2.24) is 10.3 Å². The van der Waals surface area contributed by atoms with Gasteiger partial charge >= 0.3 is 0 Å². The minimum Gasteiger partial charge on any atom is -0.309 e. The van der Waals surface area contributed by atoms with Gasteiger partial charge in [0.2, 0.25) is 0 Å². The molecule has 2 rings (SSSR count). The Balaban J connectivity index is 2.18. The third-order valence-corrected chi connectivity index (χ3v) is 3.88. The molecule has 1 N–H and O–H groups in total. The van der Waals surface area contributed by atoms with E-state index in [1.54, 1.807) is 17.4 Å². The fourth-order valence-electron chi connectivity index (χ4n) is 1.96. The average molecular weight is 282 g/mol. The largest absolute Gasteiger partial charge is 0.309 e. The summed E-state index contributed by atoms with van der Waals surface area (Å²) in [5, 5.41) is 4.35. The zero-order valence-electron chi connectivity index (χ0n) is 10.9. The molecule has 102 valence electrons. The normalized spacial score (nSPS) is 12.6. The minimum atomic E-state index is -0.808. The van der Waals surface area contributed by atoms with Crippen molar-refractivity contribution in [1.29, 1.82) is 0 Å². The van der Waals surface area contributed by atoms with Crippen LogP contribution in [0, 0.1) is 18.6 Å². The van der Waals surface area contributed by atoms with Crippen LogP contribution in [0.4, 0.5) is 8.78 Å². The third kappa shape index (κ3) is 3.58. The molecule has 1 aromatic carbocycles. The predicted molar refractivity (Wildman–Crippen MR) is 73.3 cm³/mol. The highest BCUT2D eigenvalue weighted by Crippen LogP contribution is 2.24. The maximum Gasteiger partial charge on any atom is 0.159 e.